The van der Waals surface area contributed by atoms with Gasteiger partial charge in [-0.05, 0) is 74.0 Å². The Balaban J connectivity index is 0.000000185. The Kier molecular flexibility index (Phi) is 15.9. The van der Waals surface area contributed by atoms with Crippen molar-refractivity contribution in [3.05, 3.63) is 174 Å². The number of rotatable bonds is 9. The second-order valence-electron chi connectivity index (χ2n) is 15.2. The Bertz CT molecular complexity index is 4490. The zero-order chi connectivity index (χ0) is 56.2. The number of carbonyl (C=O) groups is 2. The third-order valence-electron chi connectivity index (χ3n) is 10.4. The van der Waals surface area contributed by atoms with Crippen LogP contribution in [-0.2, 0) is 19.1 Å². The van der Waals surface area contributed by atoms with Crippen molar-refractivity contribution in [2.45, 2.75) is 19.8 Å². The molecule has 0 saturated carbocycles. The Morgan fingerprint density at radius 2 is 1.08 bits per heavy atom. The molecule has 0 amide bonds. The number of ether oxygens (including phenoxy) is 2. The molecule has 4 aromatic heterocycles. The van der Waals surface area contributed by atoms with Crippen molar-refractivity contribution < 1.29 is 27.9 Å². The lowest BCUT2D eigenvalue weighted by Crippen LogP contribution is -2.26. The monoisotopic (exact) mass is 1060 g/mol. The number of esters is 2. The summed E-state index contributed by atoms with van der Waals surface area (Å²) in [6.45, 7) is 24.0. The number of benzene rings is 4. The number of allylic oxidation sites excluding steroid dienone is 2. The van der Waals surface area contributed by atoms with Crippen LogP contribution in [0.2, 0.25) is 5.28 Å². The maximum Gasteiger partial charge on any atom is 0.387 e. The van der Waals surface area contributed by atoms with Crippen LogP contribution in [0, 0.1) is 76.4 Å². The summed E-state index contributed by atoms with van der Waals surface area (Å²) in [6.07, 6.45) is 0. The van der Waals surface area contributed by atoms with Crippen LogP contribution in [0.25, 0.3) is 82.9 Å². The molecular weight excluding hydrogens is 1040 g/mol. The predicted molar refractivity (Wildman–Crippen MR) is 267 cm³/mol. The van der Waals surface area contributed by atoms with E-state index in [0.717, 1.165) is 0 Å². The van der Waals surface area contributed by atoms with Crippen molar-refractivity contribution in [1.82, 2.24) is 39.9 Å². The van der Waals surface area contributed by atoms with Crippen molar-refractivity contribution in [3.8, 4) is 76.6 Å². The summed E-state index contributed by atoms with van der Waals surface area (Å²) in [5.41, 5.74) is 2.20. The van der Waals surface area contributed by atoms with Gasteiger partial charge in [-0.1, -0.05) is 24.3 Å². The molecule has 0 aliphatic carbocycles. The normalized spacial score (nSPS) is 12.8. The predicted octanol–water partition coefficient (Wildman–Crippen LogP) is 5.46. The number of hydrogen-bond acceptors (Lipinski definition) is 23. The highest BCUT2D eigenvalue weighted by molar-refractivity contribution is 6.28. The van der Waals surface area contributed by atoms with Crippen molar-refractivity contribution in [2.24, 2.45) is 20.0 Å². The number of nitriles is 5. The molecule has 27 heteroatoms. The van der Waals surface area contributed by atoms with Crippen molar-refractivity contribution >= 4 is 45.7 Å². The van der Waals surface area contributed by atoms with Gasteiger partial charge in [-0.2, -0.15) is 25.8 Å². The first-order valence-corrected chi connectivity index (χ1v) is 22.8. The molecule has 6 heterocycles. The summed E-state index contributed by atoms with van der Waals surface area (Å²) < 4.78 is 20.9. The lowest BCUT2D eigenvalue weighted by molar-refractivity contribution is -0.143. The number of para-hydroxylation sites is 4. The Hall–Kier alpha value is -12.3. The number of aromatic nitrogens is 8. The molecule has 376 valence electrons. The average molecular weight is 1060 g/mol. The SMILES string of the molecule is [C-]#[N+]/C(C#N)=C1\N=c2ccc(-c3nc(-c4nc5ccccc5o4)nc(C(C#N)C(=O)OCC)n3)c(C#N)c2=N1.[C-]#[N+]/C(C#N)=C1\N=c2ccc(-c3nc(Cl)nc(-c4nc5ccccc5o4)n3)c(C#N)c2=N1.[C-]#[N+]CC(=O)OCC. The fourth-order valence-corrected chi connectivity index (χ4v) is 7.23. The number of oxazole rings is 2. The molecule has 0 fully saturated rings. The summed E-state index contributed by atoms with van der Waals surface area (Å²) in [5.74, 6) is -2.99. The molecule has 10 rings (SSSR count). The van der Waals surface area contributed by atoms with Crippen LogP contribution >= 0.6 is 11.6 Å². The Morgan fingerprint density at radius 3 is 1.52 bits per heavy atom. The smallest absolute Gasteiger partial charge is 0.387 e. The van der Waals surface area contributed by atoms with Crippen molar-refractivity contribution in [1.29, 1.82) is 26.3 Å². The van der Waals surface area contributed by atoms with Gasteiger partial charge in [0.15, 0.2) is 40.3 Å². The van der Waals surface area contributed by atoms with Gasteiger partial charge in [0.1, 0.15) is 33.9 Å². The standard InChI is InChI=1S/C26H12N10O3.C21H6ClN9O.C5H7NO2/c1-3-38-26(37)15(11-28)22-34-21(35-24(36-22)25-32-16-6-4-5-7-19(16)39-25)13-8-9-17-20(14(13)10-27)33-23(31-17)18(12-29)30-2;1-25-14(9-24)18-26-13-7-6-10(11(8-23)16(13)28-18)17-29-19(31-21(22)30-17)20-27-12-4-2-3-5-15(12)32-20;1-3-8-5(7)4-6-2/h4-9,15H,3H2,1H3;2-7H;3-4H2,1H3/b23-18+;18-14+;. The van der Waals surface area contributed by atoms with E-state index in [9.17, 15) is 30.6 Å². The first-order chi connectivity index (χ1) is 38.4. The van der Waals surface area contributed by atoms with Crippen LogP contribution in [-0.4, -0.2) is 71.6 Å². The third kappa shape index (κ3) is 11.1. The number of halogens is 1. The molecule has 2 aliphatic rings. The van der Waals surface area contributed by atoms with Crippen molar-refractivity contribution in [3.63, 3.8) is 0 Å². The Labute approximate surface area is 448 Å². The second kappa shape index (κ2) is 23.7. The number of fused-ring (bicyclic) bond motifs is 4. The number of carbonyl (C=O) groups excluding carboxylic acids is 2. The van der Waals surface area contributed by atoms with Gasteiger partial charge in [0.25, 0.3) is 11.8 Å². The maximum atomic E-state index is 12.5. The highest BCUT2D eigenvalue weighted by atomic mass is 35.5. The molecule has 0 bridgehead atoms. The van der Waals surface area contributed by atoms with Crippen LogP contribution < -0.4 is 21.4 Å². The van der Waals surface area contributed by atoms with Gasteiger partial charge < -0.3 is 23.2 Å². The van der Waals surface area contributed by atoms with Gasteiger partial charge >= 0.3 is 29.9 Å². The largest absolute Gasteiger partial charge is 0.465 e. The summed E-state index contributed by atoms with van der Waals surface area (Å²) in [7, 11) is 0. The molecule has 0 radical (unpaired) electrons. The van der Waals surface area contributed by atoms with E-state index in [1.807, 2.05) is 24.3 Å². The minimum Gasteiger partial charge on any atom is -0.465 e. The van der Waals surface area contributed by atoms with E-state index in [0.29, 0.717) is 39.7 Å². The zero-order valence-electron chi connectivity index (χ0n) is 40.4. The quantitative estimate of drug-likeness (QED) is 0.0983. The van der Waals surface area contributed by atoms with Crippen LogP contribution in [0.5, 0.6) is 0 Å². The molecule has 26 nitrogen and oxygen atoms in total. The van der Waals surface area contributed by atoms with Crippen LogP contribution in [0.15, 0.2) is 125 Å². The van der Waals surface area contributed by atoms with Gasteiger partial charge in [-0.25, -0.2) is 81.5 Å². The van der Waals surface area contributed by atoms with Crippen LogP contribution in [0.4, 0.5) is 0 Å². The number of hydrogen-bond donors (Lipinski definition) is 0. The van der Waals surface area contributed by atoms with Gasteiger partial charge in [-0.3, -0.25) is 4.79 Å². The van der Waals surface area contributed by atoms with E-state index >= 15 is 0 Å². The fourth-order valence-electron chi connectivity index (χ4n) is 7.07. The molecule has 8 aromatic rings. The minimum absolute atomic E-state index is 0.00109. The molecule has 2 aliphatic heterocycles. The lowest BCUT2D eigenvalue weighted by atomic mass is 10.1. The molecule has 4 aromatic carbocycles. The molecule has 0 saturated heterocycles. The van der Waals surface area contributed by atoms with E-state index in [1.165, 1.54) is 12.1 Å². The second-order valence-corrected chi connectivity index (χ2v) is 15.5. The molecule has 79 heavy (non-hydrogen) atoms. The fraction of sp³-hybridized carbons (Fsp3) is 0.115. The molecular formula is C52H25ClN20O6. The van der Waals surface area contributed by atoms with Crippen LogP contribution in [0.3, 0.4) is 0 Å². The summed E-state index contributed by atoms with van der Waals surface area (Å²) in [4.78, 5) is 83.0. The number of nitrogens with zero attached hydrogens (tertiary/aromatic N) is 20. The highest BCUT2D eigenvalue weighted by Crippen LogP contribution is 2.29. The minimum atomic E-state index is -1.50. The molecule has 1 atom stereocenters. The summed E-state index contributed by atoms with van der Waals surface area (Å²) >= 11 is 6.13. The van der Waals surface area contributed by atoms with Gasteiger partial charge in [0.2, 0.25) is 22.9 Å². The molecule has 1 unspecified atom stereocenters. The topological polar surface area (TPSA) is 363 Å². The first kappa shape index (κ1) is 53.0. The van der Waals surface area contributed by atoms with Gasteiger partial charge in [0, 0.05) is 11.1 Å². The van der Waals surface area contributed by atoms with E-state index in [2.05, 4.69) is 85.2 Å². The third-order valence-corrected chi connectivity index (χ3v) is 10.6. The first-order valence-electron chi connectivity index (χ1n) is 22.4. The lowest BCUT2D eigenvalue weighted by Gasteiger charge is -2.10. The van der Waals surface area contributed by atoms with Gasteiger partial charge in [0.05, 0.1) is 66.4 Å². The van der Waals surface area contributed by atoms with Crippen molar-refractivity contribution in [2.75, 3.05) is 19.8 Å². The van der Waals surface area contributed by atoms with Crippen LogP contribution in [0.1, 0.15) is 36.7 Å². The van der Waals surface area contributed by atoms with E-state index < -0.39 is 17.9 Å². The van der Waals surface area contributed by atoms with E-state index in [4.69, 9.17) is 50.2 Å². The zero-order valence-corrected chi connectivity index (χ0v) is 41.2. The maximum absolute atomic E-state index is 12.5. The summed E-state index contributed by atoms with van der Waals surface area (Å²) in [6, 6.07) is 29.8. The van der Waals surface area contributed by atoms with E-state index in [1.54, 1.807) is 74.5 Å². The van der Waals surface area contributed by atoms with E-state index in [-0.39, 0.29) is 115 Å². The van der Waals surface area contributed by atoms with Gasteiger partial charge in [-0.15, -0.1) is 0 Å². The molecule has 0 spiro atoms. The highest BCUT2D eigenvalue weighted by Gasteiger charge is 2.29. The average Bonchev–Trinajstić information content (AvgIpc) is 4.33. The molecule has 0 N–H and O–H groups in total. The summed E-state index contributed by atoms with van der Waals surface area (Å²) in [5, 5.41) is 48.7. The Morgan fingerprint density at radius 1 is 0.608 bits per heavy atom.